The van der Waals surface area contributed by atoms with Gasteiger partial charge in [0, 0.05) is 23.1 Å². The van der Waals surface area contributed by atoms with Gasteiger partial charge in [-0.3, -0.25) is 0 Å². The van der Waals surface area contributed by atoms with Gasteiger partial charge >= 0.3 is 0 Å². The maximum atomic E-state index is 5.51. The molecule has 0 atom stereocenters. The number of hydrogen-bond donors (Lipinski definition) is 2. The SMILES string of the molecule is Cc1ncc(NCCN)c(-c2ccccc2Br)n1. The first kappa shape index (κ1) is 13.0. The lowest BCUT2D eigenvalue weighted by Crippen LogP contribution is -2.14. The molecule has 2 aromatic rings. The van der Waals surface area contributed by atoms with Crippen LogP contribution in [0.3, 0.4) is 0 Å². The van der Waals surface area contributed by atoms with Crippen LogP contribution >= 0.6 is 15.9 Å². The third-order valence-electron chi connectivity index (χ3n) is 2.50. The van der Waals surface area contributed by atoms with Crippen LogP contribution in [0, 0.1) is 6.92 Å². The summed E-state index contributed by atoms with van der Waals surface area (Å²) in [7, 11) is 0. The molecule has 1 heterocycles. The van der Waals surface area contributed by atoms with Gasteiger partial charge in [0.1, 0.15) is 5.82 Å². The molecule has 3 N–H and O–H groups in total. The Morgan fingerprint density at radius 2 is 2.11 bits per heavy atom. The molecule has 0 unspecified atom stereocenters. The number of benzene rings is 1. The Hall–Kier alpha value is -1.46. The minimum atomic E-state index is 0.573. The molecule has 0 aliphatic carbocycles. The van der Waals surface area contributed by atoms with Crippen LogP contribution < -0.4 is 11.1 Å². The molecule has 0 bridgehead atoms. The second-order valence-electron chi connectivity index (χ2n) is 3.87. The molecule has 94 valence electrons. The van der Waals surface area contributed by atoms with Crippen molar-refractivity contribution < 1.29 is 0 Å². The van der Waals surface area contributed by atoms with E-state index in [-0.39, 0.29) is 0 Å². The van der Waals surface area contributed by atoms with E-state index in [0.717, 1.165) is 27.2 Å². The number of hydrogen-bond acceptors (Lipinski definition) is 4. The number of nitrogens with two attached hydrogens (primary N) is 1. The Balaban J connectivity index is 2.48. The van der Waals surface area contributed by atoms with Gasteiger partial charge in [0.2, 0.25) is 0 Å². The summed E-state index contributed by atoms with van der Waals surface area (Å²) in [5, 5.41) is 3.25. The molecule has 0 spiro atoms. The molecule has 5 heteroatoms. The summed E-state index contributed by atoms with van der Waals surface area (Å²) in [5.74, 6) is 0.749. The summed E-state index contributed by atoms with van der Waals surface area (Å²) in [5.41, 5.74) is 8.35. The molecule has 0 saturated carbocycles. The van der Waals surface area contributed by atoms with Crippen LogP contribution in [0.25, 0.3) is 11.3 Å². The summed E-state index contributed by atoms with van der Waals surface area (Å²) in [6, 6.07) is 8.00. The summed E-state index contributed by atoms with van der Waals surface area (Å²) in [6.45, 7) is 3.15. The van der Waals surface area contributed by atoms with Crippen LogP contribution in [0.15, 0.2) is 34.9 Å². The Labute approximate surface area is 115 Å². The Morgan fingerprint density at radius 3 is 2.83 bits per heavy atom. The molecule has 1 aromatic carbocycles. The van der Waals surface area contributed by atoms with E-state index in [9.17, 15) is 0 Å². The van der Waals surface area contributed by atoms with Crippen molar-refractivity contribution in [1.29, 1.82) is 0 Å². The maximum absolute atomic E-state index is 5.51. The van der Waals surface area contributed by atoms with Crippen LogP contribution in [0.5, 0.6) is 0 Å². The van der Waals surface area contributed by atoms with E-state index in [1.165, 1.54) is 0 Å². The van der Waals surface area contributed by atoms with Crippen molar-refractivity contribution in [3.8, 4) is 11.3 Å². The highest BCUT2D eigenvalue weighted by atomic mass is 79.9. The van der Waals surface area contributed by atoms with Gasteiger partial charge in [0.15, 0.2) is 0 Å². The zero-order valence-electron chi connectivity index (χ0n) is 10.2. The highest BCUT2D eigenvalue weighted by molar-refractivity contribution is 9.10. The standard InChI is InChI=1S/C13H15BrN4/c1-9-17-8-12(16-7-6-15)13(18-9)10-4-2-3-5-11(10)14/h2-5,8,16H,6-7,15H2,1H3. The van der Waals surface area contributed by atoms with E-state index >= 15 is 0 Å². The quantitative estimate of drug-likeness (QED) is 0.911. The summed E-state index contributed by atoms with van der Waals surface area (Å²) >= 11 is 3.55. The molecule has 0 fully saturated rings. The number of aromatic nitrogens is 2. The Bertz CT molecular complexity index is 542. The van der Waals surface area contributed by atoms with E-state index in [0.29, 0.717) is 13.1 Å². The van der Waals surface area contributed by atoms with Gasteiger partial charge in [-0.15, -0.1) is 0 Å². The molecule has 0 radical (unpaired) electrons. The predicted octanol–water partition coefficient (Wildman–Crippen LogP) is 2.59. The molecular weight excluding hydrogens is 292 g/mol. The molecule has 2 rings (SSSR count). The number of nitrogens with one attached hydrogen (secondary N) is 1. The van der Waals surface area contributed by atoms with E-state index in [1.807, 2.05) is 31.2 Å². The number of anilines is 1. The van der Waals surface area contributed by atoms with Crippen molar-refractivity contribution in [2.24, 2.45) is 5.73 Å². The van der Waals surface area contributed by atoms with Crippen LogP contribution in [0.2, 0.25) is 0 Å². The second kappa shape index (κ2) is 5.93. The smallest absolute Gasteiger partial charge is 0.126 e. The fourth-order valence-corrected chi connectivity index (χ4v) is 2.14. The number of rotatable bonds is 4. The Morgan fingerprint density at radius 1 is 1.33 bits per heavy atom. The van der Waals surface area contributed by atoms with Gasteiger partial charge in [-0.25, -0.2) is 9.97 Å². The third kappa shape index (κ3) is 2.86. The first-order valence-electron chi connectivity index (χ1n) is 5.75. The van der Waals surface area contributed by atoms with E-state index in [2.05, 4.69) is 31.2 Å². The van der Waals surface area contributed by atoms with Crippen molar-refractivity contribution in [3.05, 3.63) is 40.8 Å². The minimum absolute atomic E-state index is 0.573. The van der Waals surface area contributed by atoms with Crippen LogP contribution in [-0.2, 0) is 0 Å². The second-order valence-corrected chi connectivity index (χ2v) is 4.73. The average molecular weight is 307 g/mol. The van der Waals surface area contributed by atoms with Gasteiger partial charge in [-0.2, -0.15) is 0 Å². The Kier molecular flexibility index (Phi) is 4.28. The van der Waals surface area contributed by atoms with Gasteiger partial charge in [-0.1, -0.05) is 34.1 Å². The van der Waals surface area contributed by atoms with Gasteiger partial charge in [0.25, 0.3) is 0 Å². The lowest BCUT2D eigenvalue weighted by atomic mass is 10.1. The highest BCUT2D eigenvalue weighted by Gasteiger charge is 2.10. The fraction of sp³-hybridized carbons (Fsp3) is 0.231. The normalized spacial score (nSPS) is 10.4. The molecule has 0 aliphatic rings. The lowest BCUT2D eigenvalue weighted by Gasteiger charge is -2.12. The molecule has 0 saturated heterocycles. The molecule has 1 aromatic heterocycles. The zero-order chi connectivity index (χ0) is 13.0. The van der Waals surface area contributed by atoms with Crippen molar-refractivity contribution in [1.82, 2.24) is 9.97 Å². The minimum Gasteiger partial charge on any atom is -0.381 e. The lowest BCUT2D eigenvalue weighted by molar-refractivity contribution is 1.00. The maximum Gasteiger partial charge on any atom is 0.126 e. The van der Waals surface area contributed by atoms with E-state index in [4.69, 9.17) is 5.73 Å². The zero-order valence-corrected chi connectivity index (χ0v) is 11.7. The predicted molar refractivity (Wildman–Crippen MR) is 77.4 cm³/mol. The average Bonchev–Trinajstić information content (AvgIpc) is 2.38. The molecule has 18 heavy (non-hydrogen) atoms. The first-order chi connectivity index (χ1) is 8.72. The van der Waals surface area contributed by atoms with Crippen molar-refractivity contribution in [2.75, 3.05) is 18.4 Å². The fourth-order valence-electron chi connectivity index (χ4n) is 1.66. The van der Waals surface area contributed by atoms with Gasteiger partial charge in [-0.05, 0) is 13.0 Å². The largest absolute Gasteiger partial charge is 0.381 e. The topological polar surface area (TPSA) is 63.8 Å². The van der Waals surface area contributed by atoms with Gasteiger partial charge < -0.3 is 11.1 Å². The van der Waals surface area contributed by atoms with Crippen LogP contribution in [-0.4, -0.2) is 23.1 Å². The summed E-state index contributed by atoms with van der Waals surface area (Å²) in [6.07, 6.45) is 1.80. The van der Waals surface area contributed by atoms with E-state index < -0.39 is 0 Å². The third-order valence-corrected chi connectivity index (χ3v) is 3.19. The van der Waals surface area contributed by atoms with Crippen LogP contribution in [0.4, 0.5) is 5.69 Å². The summed E-state index contributed by atoms with van der Waals surface area (Å²) < 4.78 is 1.01. The number of nitrogens with zero attached hydrogens (tertiary/aromatic N) is 2. The molecule has 0 aliphatic heterocycles. The van der Waals surface area contributed by atoms with Crippen LogP contribution in [0.1, 0.15) is 5.82 Å². The number of halogens is 1. The monoisotopic (exact) mass is 306 g/mol. The number of aryl methyl sites for hydroxylation is 1. The molecule has 0 amide bonds. The summed E-state index contributed by atoms with van der Waals surface area (Å²) in [4.78, 5) is 8.73. The molecule has 4 nitrogen and oxygen atoms in total. The van der Waals surface area contributed by atoms with Crippen molar-refractivity contribution in [2.45, 2.75) is 6.92 Å². The van der Waals surface area contributed by atoms with E-state index in [1.54, 1.807) is 6.20 Å². The highest BCUT2D eigenvalue weighted by Crippen LogP contribution is 2.31. The first-order valence-corrected chi connectivity index (χ1v) is 6.54. The molecular formula is C13H15BrN4. The van der Waals surface area contributed by atoms with Crippen molar-refractivity contribution in [3.63, 3.8) is 0 Å². The van der Waals surface area contributed by atoms with Gasteiger partial charge in [0.05, 0.1) is 17.6 Å². The van der Waals surface area contributed by atoms with Crippen molar-refractivity contribution >= 4 is 21.6 Å².